The van der Waals surface area contributed by atoms with Gasteiger partial charge in [0.1, 0.15) is 5.82 Å². The van der Waals surface area contributed by atoms with Gasteiger partial charge in [-0.15, -0.1) is 0 Å². The van der Waals surface area contributed by atoms with Gasteiger partial charge in [0.25, 0.3) is 5.91 Å². The number of alkyl halides is 3. The average molecular weight is 364 g/mol. The molecule has 0 bridgehead atoms. The van der Waals surface area contributed by atoms with Gasteiger partial charge in [0.15, 0.2) is 0 Å². The van der Waals surface area contributed by atoms with Crippen LogP contribution < -0.4 is 10.6 Å². The molecular formula is C18H19F3N4O. The number of carbonyl (C=O) groups is 1. The monoisotopic (exact) mass is 364 g/mol. The number of anilines is 2. The molecule has 2 aromatic heterocycles. The number of nitrogens with zero attached hydrogens (tertiary/aromatic N) is 2. The highest BCUT2D eigenvalue weighted by Crippen LogP contribution is 2.30. The molecule has 8 heteroatoms. The third-order valence-corrected chi connectivity index (χ3v) is 4.41. The van der Waals surface area contributed by atoms with Crippen LogP contribution in [0.2, 0.25) is 0 Å². The zero-order valence-corrected chi connectivity index (χ0v) is 14.0. The largest absolute Gasteiger partial charge is 0.417 e. The van der Waals surface area contributed by atoms with Gasteiger partial charge in [0.05, 0.1) is 23.0 Å². The fraction of sp³-hybridized carbons (Fsp3) is 0.389. The molecule has 0 atom stereocenters. The lowest BCUT2D eigenvalue weighted by molar-refractivity contribution is -0.137. The molecule has 0 aromatic carbocycles. The van der Waals surface area contributed by atoms with E-state index in [1.165, 1.54) is 19.0 Å². The van der Waals surface area contributed by atoms with E-state index in [0.29, 0.717) is 17.9 Å². The Hall–Kier alpha value is -2.64. The number of rotatable bonds is 5. The first-order valence-electron chi connectivity index (χ1n) is 8.46. The van der Waals surface area contributed by atoms with Crippen molar-refractivity contribution in [1.82, 2.24) is 9.97 Å². The van der Waals surface area contributed by atoms with E-state index in [1.54, 1.807) is 18.3 Å². The predicted molar refractivity (Wildman–Crippen MR) is 91.9 cm³/mol. The van der Waals surface area contributed by atoms with E-state index in [2.05, 4.69) is 20.6 Å². The van der Waals surface area contributed by atoms with Gasteiger partial charge in [-0.25, -0.2) is 4.98 Å². The molecule has 3 rings (SSSR count). The van der Waals surface area contributed by atoms with E-state index in [-0.39, 0.29) is 11.3 Å². The third kappa shape index (κ3) is 4.50. The summed E-state index contributed by atoms with van der Waals surface area (Å²) >= 11 is 0. The van der Waals surface area contributed by atoms with Crippen LogP contribution in [-0.2, 0) is 6.18 Å². The second-order valence-corrected chi connectivity index (χ2v) is 6.35. The van der Waals surface area contributed by atoms with Crippen LogP contribution in [0, 0.1) is 5.92 Å². The van der Waals surface area contributed by atoms with Crippen LogP contribution in [-0.4, -0.2) is 22.4 Å². The number of amides is 1. The summed E-state index contributed by atoms with van der Waals surface area (Å²) in [5.74, 6) is 0.450. The van der Waals surface area contributed by atoms with Crippen LogP contribution in [0.1, 0.15) is 41.6 Å². The molecule has 138 valence electrons. The molecule has 1 aliphatic carbocycles. The molecule has 1 saturated carbocycles. The lowest BCUT2D eigenvalue weighted by Gasteiger charge is -2.14. The molecule has 2 N–H and O–H groups in total. The molecule has 2 heterocycles. The molecule has 5 nitrogen and oxygen atoms in total. The van der Waals surface area contributed by atoms with Crippen LogP contribution in [0.3, 0.4) is 0 Å². The van der Waals surface area contributed by atoms with Crippen molar-refractivity contribution < 1.29 is 18.0 Å². The van der Waals surface area contributed by atoms with Crippen molar-refractivity contribution in [1.29, 1.82) is 0 Å². The van der Waals surface area contributed by atoms with Crippen molar-refractivity contribution in [3.63, 3.8) is 0 Å². The summed E-state index contributed by atoms with van der Waals surface area (Å²) < 4.78 is 38.3. The Morgan fingerprint density at radius 2 is 2.00 bits per heavy atom. The van der Waals surface area contributed by atoms with E-state index in [4.69, 9.17) is 0 Å². The molecule has 1 aliphatic rings. The molecular weight excluding hydrogens is 345 g/mol. The standard InChI is InChI=1S/C18H19F3N4O/c19-18(20,21)13-8-14(11-22-10-13)25-17(26)15-6-3-7-23-16(15)24-9-12-4-1-2-5-12/h3,6-8,10-12H,1-2,4-5,9H2,(H,23,24)(H,25,26). The van der Waals surface area contributed by atoms with Gasteiger partial charge in [0.2, 0.25) is 0 Å². The first kappa shape index (κ1) is 18.2. The number of nitrogens with one attached hydrogen (secondary N) is 2. The maximum Gasteiger partial charge on any atom is 0.417 e. The van der Waals surface area contributed by atoms with Gasteiger partial charge in [-0.05, 0) is 37.0 Å². The number of aromatic nitrogens is 2. The summed E-state index contributed by atoms with van der Waals surface area (Å²) in [4.78, 5) is 20.2. The van der Waals surface area contributed by atoms with Crippen molar-refractivity contribution >= 4 is 17.4 Å². The number of hydrogen-bond donors (Lipinski definition) is 2. The van der Waals surface area contributed by atoms with Crippen molar-refractivity contribution in [2.75, 3.05) is 17.2 Å². The Morgan fingerprint density at radius 3 is 2.73 bits per heavy atom. The van der Waals surface area contributed by atoms with Crippen LogP contribution >= 0.6 is 0 Å². The number of hydrogen-bond acceptors (Lipinski definition) is 4. The van der Waals surface area contributed by atoms with E-state index < -0.39 is 17.6 Å². The van der Waals surface area contributed by atoms with Crippen molar-refractivity contribution in [2.24, 2.45) is 5.92 Å². The SMILES string of the molecule is O=C(Nc1cncc(C(F)(F)F)c1)c1cccnc1NCC1CCCC1. The first-order valence-corrected chi connectivity index (χ1v) is 8.46. The van der Waals surface area contributed by atoms with Crippen molar-refractivity contribution in [3.05, 3.63) is 47.9 Å². The van der Waals surface area contributed by atoms with Crippen molar-refractivity contribution in [2.45, 2.75) is 31.9 Å². The summed E-state index contributed by atoms with van der Waals surface area (Å²) in [6.07, 6.45) is 3.67. The molecule has 0 aliphatic heterocycles. The maximum absolute atomic E-state index is 12.8. The highest BCUT2D eigenvalue weighted by Gasteiger charge is 2.31. The third-order valence-electron chi connectivity index (χ3n) is 4.41. The smallest absolute Gasteiger partial charge is 0.369 e. The maximum atomic E-state index is 12.8. The summed E-state index contributed by atoms with van der Waals surface area (Å²) in [6, 6.07) is 4.05. The van der Waals surface area contributed by atoms with Crippen molar-refractivity contribution in [3.8, 4) is 0 Å². The summed E-state index contributed by atoms with van der Waals surface area (Å²) in [6.45, 7) is 0.725. The van der Waals surface area contributed by atoms with E-state index in [0.717, 1.165) is 25.5 Å². The second kappa shape index (κ2) is 7.72. The van der Waals surface area contributed by atoms with Crippen LogP contribution in [0.25, 0.3) is 0 Å². The summed E-state index contributed by atoms with van der Waals surface area (Å²) in [7, 11) is 0. The normalized spacial score (nSPS) is 15.0. The van der Waals surface area contributed by atoms with Gasteiger partial charge in [-0.3, -0.25) is 9.78 Å². The van der Waals surface area contributed by atoms with Gasteiger partial charge in [-0.1, -0.05) is 12.8 Å². The van der Waals surface area contributed by atoms with E-state index in [9.17, 15) is 18.0 Å². The summed E-state index contributed by atoms with van der Waals surface area (Å²) in [5, 5.41) is 5.65. The van der Waals surface area contributed by atoms with Gasteiger partial charge in [-0.2, -0.15) is 13.2 Å². The minimum absolute atomic E-state index is 0.0181. The molecule has 1 fully saturated rings. The van der Waals surface area contributed by atoms with E-state index in [1.807, 2.05) is 0 Å². The molecule has 0 spiro atoms. The Bertz CT molecular complexity index is 773. The first-order chi connectivity index (χ1) is 12.4. The Balaban J connectivity index is 1.71. The quantitative estimate of drug-likeness (QED) is 0.828. The molecule has 0 saturated heterocycles. The number of carbonyl (C=O) groups excluding carboxylic acids is 1. The highest BCUT2D eigenvalue weighted by molar-refractivity contribution is 6.07. The van der Waals surface area contributed by atoms with Gasteiger partial charge >= 0.3 is 6.18 Å². The lowest BCUT2D eigenvalue weighted by atomic mass is 10.1. The van der Waals surface area contributed by atoms with Crippen LogP contribution in [0.4, 0.5) is 24.7 Å². The molecule has 2 aromatic rings. The Labute approximate surface area is 149 Å². The fourth-order valence-electron chi connectivity index (χ4n) is 3.05. The minimum atomic E-state index is -4.52. The molecule has 1 amide bonds. The zero-order chi connectivity index (χ0) is 18.6. The fourth-order valence-corrected chi connectivity index (χ4v) is 3.05. The lowest BCUT2D eigenvalue weighted by Crippen LogP contribution is -2.19. The Kier molecular flexibility index (Phi) is 5.39. The van der Waals surface area contributed by atoms with Gasteiger partial charge in [0, 0.05) is 18.9 Å². The van der Waals surface area contributed by atoms with E-state index >= 15 is 0 Å². The molecule has 0 radical (unpaired) electrons. The molecule has 26 heavy (non-hydrogen) atoms. The number of pyridine rings is 2. The average Bonchev–Trinajstić information content (AvgIpc) is 3.13. The van der Waals surface area contributed by atoms with Gasteiger partial charge < -0.3 is 10.6 Å². The van der Waals surface area contributed by atoms with Crippen LogP contribution in [0.5, 0.6) is 0 Å². The topological polar surface area (TPSA) is 66.9 Å². The number of halogens is 3. The zero-order valence-electron chi connectivity index (χ0n) is 14.0. The van der Waals surface area contributed by atoms with Crippen LogP contribution in [0.15, 0.2) is 36.8 Å². The minimum Gasteiger partial charge on any atom is -0.369 e. The summed E-state index contributed by atoms with van der Waals surface area (Å²) in [5.41, 5.74) is -0.653. The highest BCUT2D eigenvalue weighted by atomic mass is 19.4. The second-order valence-electron chi connectivity index (χ2n) is 6.35. The Morgan fingerprint density at radius 1 is 1.23 bits per heavy atom. The predicted octanol–water partition coefficient (Wildman–Crippen LogP) is 4.35. The molecule has 0 unspecified atom stereocenters.